The molecule has 0 atom stereocenters. The number of hydrogen-bond acceptors (Lipinski definition) is 2. The van der Waals surface area contributed by atoms with Crippen LogP contribution in [0.25, 0.3) is 0 Å². The average Bonchev–Trinajstić information content (AvgIpc) is 2.55. The molecule has 0 aromatic heterocycles. The van der Waals surface area contributed by atoms with Crippen LogP contribution in [0.5, 0.6) is 0 Å². The second kappa shape index (κ2) is 5.41. The summed E-state index contributed by atoms with van der Waals surface area (Å²) >= 11 is 4.40. The van der Waals surface area contributed by atoms with Crippen LogP contribution < -0.4 is 0 Å². The molecule has 1 nitrogen and oxygen atoms in total. The lowest BCUT2D eigenvalue weighted by Crippen LogP contribution is -2.35. The molecule has 0 unspecified atom stereocenters. The molecule has 14 heavy (non-hydrogen) atoms. The van der Waals surface area contributed by atoms with Gasteiger partial charge in [0.2, 0.25) is 0 Å². The Balaban J connectivity index is 2.23. The molecule has 1 fully saturated rings. The summed E-state index contributed by atoms with van der Waals surface area (Å²) in [4.78, 5) is 2.49. The summed E-state index contributed by atoms with van der Waals surface area (Å²) in [6.45, 7) is 7.06. The van der Waals surface area contributed by atoms with Crippen molar-refractivity contribution in [2.75, 3.05) is 25.9 Å². The Kier molecular flexibility index (Phi) is 4.78. The Morgan fingerprint density at radius 3 is 2.36 bits per heavy atom. The molecule has 1 saturated carbocycles. The normalized spacial score (nSPS) is 19.5. The van der Waals surface area contributed by atoms with E-state index in [2.05, 4.69) is 38.4 Å². The minimum atomic E-state index is 0.358. The Morgan fingerprint density at radius 1 is 1.29 bits per heavy atom. The van der Waals surface area contributed by atoms with Crippen LogP contribution >= 0.6 is 12.6 Å². The van der Waals surface area contributed by atoms with E-state index in [9.17, 15) is 0 Å². The van der Waals surface area contributed by atoms with Crippen molar-refractivity contribution in [1.82, 2.24) is 4.90 Å². The molecule has 0 aliphatic heterocycles. The first kappa shape index (κ1) is 12.4. The van der Waals surface area contributed by atoms with Crippen molar-refractivity contribution in [3.8, 4) is 0 Å². The third kappa shape index (κ3) is 4.22. The predicted octanol–water partition coefficient (Wildman–Crippen LogP) is 3.06. The van der Waals surface area contributed by atoms with E-state index in [1.165, 1.54) is 38.8 Å². The van der Waals surface area contributed by atoms with Crippen LogP contribution in [0.15, 0.2) is 0 Å². The van der Waals surface area contributed by atoms with Gasteiger partial charge in [0.05, 0.1) is 0 Å². The van der Waals surface area contributed by atoms with Crippen LogP contribution in [0.4, 0.5) is 0 Å². The molecule has 84 valence electrons. The first-order valence-corrected chi connectivity index (χ1v) is 6.46. The van der Waals surface area contributed by atoms with Gasteiger partial charge >= 0.3 is 0 Å². The van der Waals surface area contributed by atoms with Crippen molar-refractivity contribution in [3.05, 3.63) is 0 Å². The molecule has 0 radical (unpaired) electrons. The Bertz CT molecular complexity index is 162. The van der Waals surface area contributed by atoms with Gasteiger partial charge in [0.25, 0.3) is 0 Å². The van der Waals surface area contributed by atoms with Crippen LogP contribution in [0.2, 0.25) is 0 Å². The summed E-state index contributed by atoms with van der Waals surface area (Å²) < 4.78 is 0. The zero-order valence-electron chi connectivity index (χ0n) is 9.92. The number of thiol groups is 1. The molecule has 1 rings (SSSR count). The smallest absolute Gasteiger partial charge is 0.00376 e. The van der Waals surface area contributed by atoms with Crippen LogP contribution in [0.3, 0.4) is 0 Å². The summed E-state index contributed by atoms with van der Waals surface area (Å²) in [5.41, 5.74) is 0.358. The van der Waals surface area contributed by atoms with Crippen molar-refractivity contribution in [3.63, 3.8) is 0 Å². The molecule has 0 aromatic carbocycles. The van der Waals surface area contributed by atoms with Gasteiger partial charge in [-0.3, -0.25) is 0 Å². The maximum Gasteiger partial charge on any atom is 0.00376 e. The topological polar surface area (TPSA) is 3.24 Å². The van der Waals surface area contributed by atoms with E-state index in [0.29, 0.717) is 5.41 Å². The minimum Gasteiger partial charge on any atom is -0.306 e. The van der Waals surface area contributed by atoms with Gasteiger partial charge in [-0.2, -0.15) is 12.6 Å². The molecule has 0 heterocycles. The van der Waals surface area contributed by atoms with E-state index in [0.717, 1.165) is 11.7 Å². The van der Waals surface area contributed by atoms with Crippen molar-refractivity contribution in [1.29, 1.82) is 0 Å². The SMILES string of the molecule is CN(CC1CCCC1)CC(C)(C)CS. The average molecular weight is 215 g/mol. The molecule has 0 spiro atoms. The van der Waals surface area contributed by atoms with Crippen LogP contribution in [-0.2, 0) is 0 Å². The third-order valence-electron chi connectivity index (χ3n) is 3.17. The first-order chi connectivity index (χ1) is 6.53. The van der Waals surface area contributed by atoms with Crippen molar-refractivity contribution >= 4 is 12.6 Å². The van der Waals surface area contributed by atoms with Gasteiger partial charge in [-0.1, -0.05) is 26.7 Å². The molecule has 2 heteroatoms. The van der Waals surface area contributed by atoms with Crippen molar-refractivity contribution in [2.45, 2.75) is 39.5 Å². The van der Waals surface area contributed by atoms with Crippen molar-refractivity contribution < 1.29 is 0 Å². The van der Waals surface area contributed by atoms with Gasteiger partial charge in [0.15, 0.2) is 0 Å². The van der Waals surface area contributed by atoms with Gasteiger partial charge < -0.3 is 4.90 Å². The maximum atomic E-state index is 4.40. The van der Waals surface area contributed by atoms with E-state index in [1.807, 2.05) is 0 Å². The fourth-order valence-electron chi connectivity index (χ4n) is 2.48. The minimum absolute atomic E-state index is 0.358. The summed E-state index contributed by atoms with van der Waals surface area (Å²) in [7, 11) is 2.25. The lowest BCUT2D eigenvalue weighted by molar-refractivity contribution is 0.204. The van der Waals surface area contributed by atoms with Crippen molar-refractivity contribution in [2.24, 2.45) is 11.3 Å². The second-order valence-electron chi connectivity index (χ2n) is 5.67. The monoisotopic (exact) mass is 215 g/mol. The van der Waals surface area contributed by atoms with Gasteiger partial charge in [-0.15, -0.1) is 0 Å². The summed E-state index contributed by atoms with van der Waals surface area (Å²) in [6, 6.07) is 0. The van der Waals surface area contributed by atoms with Crippen LogP contribution in [-0.4, -0.2) is 30.8 Å². The molecule has 1 aliphatic carbocycles. The summed E-state index contributed by atoms with van der Waals surface area (Å²) in [5.74, 6) is 1.94. The Hall–Kier alpha value is 0.310. The van der Waals surface area contributed by atoms with Gasteiger partial charge in [-0.05, 0) is 37.0 Å². The third-order valence-corrected chi connectivity index (χ3v) is 4.03. The van der Waals surface area contributed by atoms with E-state index in [1.54, 1.807) is 0 Å². The van der Waals surface area contributed by atoms with Crippen LogP contribution in [0.1, 0.15) is 39.5 Å². The van der Waals surface area contributed by atoms with Gasteiger partial charge in [0.1, 0.15) is 0 Å². The number of hydrogen-bond donors (Lipinski definition) is 1. The first-order valence-electron chi connectivity index (χ1n) is 5.83. The zero-order chi connectivity index (χ0) is 10.6. The lowest BCUT2D eigenvalue weighted by atomic mass is 9.95. The fraction of sp³-hybridized carbons (Fsp3) is 1.00. The molecule has 1 aliphatic rings. The largest absolute Gasteiger partial charge is 0.306 e. The van der Waals surface area contributed by atoms with E-state index in [4.69, 9.17) is 0 Å². The molecule has 0 N–H and O–H groups in total. The summed E-state index contributed by atoms with van der Waals surface area (Å²) in [6.07, 6.45) is 5.81. The Morgan fingerprint density at radius 2 is 1.86 bits per heavy atom. The fourth-order valence-corrected chi connectivity index (χ4v) is 2.58. The molecular formula is C12H25NS. The highest BCUT2D eigenvalue weighted by Crippen LogP contribution is 2.26. The standard InChI is InChI=1S/C12H25NS/c1-12(2,10-14)9-13(3)8-11-6-4-5-7-11/h11,14H,4-10H2,1-3H3. The second-order valence-corrected chi connectivity index (χ2v) is 5.99. The summed E-state index contributed by atoms with van der Waals surface area (Å²) in [5, 5.41) is 0. The number of rotatable bonds is 5. The van der Waals surface area contributed by atoms with Gasteiger partial charge in [0, 0.05) is 13.1 Å². The van der Waals surface area contributed by atoms with E-state index < -0.39 is 0 Å². The zero-order valence-corrected chi connectivity index (χ0v) is 10.8. The highest BCUT2D eigenvalue weighted by Gasteiger charge is 2.21. The lowest BCUT2D eigenvalue weighted by Gasteiger charge is -2.30. The highest BCUT2D eigenvalue weighted by atomic mass is 32.1. The maximum absolute atomic E-state index is 4.40. The predicted molar refractivity (Wildman–Crippen MR) is 67.1 cm³/mol. The highest BCUT2D eigenvalue weighted by molar-refractivity contribution is 7.80. The molecule has 0 saturated heterocycles. The molecule has 0 aromatic rings. The molecule has 0 amide bonds. The van der Waals surface area contributed by atoms with Crippen LogP contribution in [0, 0.1) is 11.3 Å². The number of nitrogens with zero attached hydrogens (tertiary/aromatic N) is 1. The van der Waals surface area contributed by atoms with E-state index >= 15 is 0 Å². The Labute approximate surface area is 94.7 Å². The molecule has 0 bridgehead atoms. The quantitative estimate of drug-likeness (QED) is 0.690. The van der Waals surface area contributed by atoms with Gasteiger partial charge in [-0.25, -0.2) is 0 Å². The van der Waals surface area contributed by atoms with E-state index in [-0.39, 0.29) is 0 Å². The molecular weight excluding hydrogens is 190 g/mol.